The average molecular weight is 464 g/mol. The Morgan fingerprint density at radius 1 is 1.19 bits per heavy atom. The number of fused-ring (bicyclic) bond motifs is 1. The van der Waals surface area contributed by atoms with Crippen molar-refractivity contribution in [1.82, 2.24) is 5.32 Å². The summed E-state index contributed by atoms with van der Waals surface area (Å²) in [6, 6.07) is 10.8. The molecule has 0 saturated heterocycles. The molecule has 0 aromatic heterocycles. The van der Waals surface area contributed by atoms with Gasteiger partial charge < -0.3 is 20.3 Å². The third kappa shape index (κ3) is 5.53. The molecule has 1 aliphatic rings. The lowest BCUT2D eigenvalue weighted by molar-refractivity contribution is -0.146. The molecule has 1 heterocycles. The first-order chi connectivity index (χ1) is 14.8. The molecular weight excluding hydrogens is 445 g/mol. The number of benzene rings is 2. The van der Waals surface area contributed by atoms with Gasteiger partial charge in [-0.15, -0.1) is 0 Å². The maximum atomic E-state index is 12.8. The molecule has 2 aromatic rings. The number of carbonyl (C=O) groups is 4. The van der Waals surface area contributed by atoms with Crippen molar-refractivity contribution < 1.29 is 23.9 Å². The molecule has 162 valence electrons. The van der Waals surface area contributed by atoms with E-state index < -0.39 is 37.0 Å². The zero-order valence-electron chi connectivity index (χ0n) is 16.5. The minimum absolute atomic E-state index is 0.103. The van der Waals surface area contributed by atoms with Gasteiger partial charge in [0.2, 0.25) is 5.91 Å². The lowest BCUT2D eigenvalue weighted by atomic mass is 10.1. The van der Waals surface area contributed by atoms with Crippen LogP contribution in [0.5, 0.6) is 0 Å². The Hall–Kier alpha value is -3.10. The number of hydrogen-bond acceptors (Lipinski definition) is 5. The number of halogens is 2. The van der Waals surface area contributed by atoms with E-state index in [1.54, 1.807) is 31.2 Å². The molecule has 0 spiro atoms. The summed E-state index contributed by atoms with van der Waals surface area (Å²) in [5.74, 6) is -2.07. The van der Waals surface area contributed by atoms with Crippen LogP contribution in [0.25, 0.3) is 0 Å². The van der Waals surface area contributed by atoms with Crippen molar-refractivity contribution in [3.05, 3.63) is 58.1 Å². The van der Waals surface area contributed by atoms with Crippen LogP contribution in [0.4, 0.5) is 11.4 Å². The second-order valence-electron chi connectivity index (χ2n) is 6.85. The van der Waals surface area contributed by atoms with E-state index in [0.29, 0.717) is 16.4 Å². The fourth-order valence-electron chi connectivity index (χ4n) is 3.15. The standard InChI is InChI=1S/C21H19Cl2N3O5/c1-12-8-18(27)25-16-4-2-3-5-17(16)26(12)19(28)11-31-20(29)10-24-21(30)14-7-6-13(22)9-15(14)23/h2-7,9,12H,8,10-11H2,1H3,(H,24,30)(H,25,27). The van der Waals surface area contributed by atoms with Crippen LogP contribution in [0.15, 0.2) is 42.5 Å². The monoisotopic (exact) mass is 463 g/mol. The molecule has 8 nitrogen and oxygen atoms in total. The number of nitrogens with zero attached hydrogens (tertiary/aromatic N) is 1. The minimum Gasteiger partial charge on any atom is -0.454 e. The van der Waals surface area contributed by atoms with Crippen molar-refractivity contribution in [3.8, 4) is 0 Å². The molecule has 1 atom stereocenters. The van der Waals surface area contributed by atoms with Gasteiger partial charge in [0.25, 0.3) is 11.8 Å². The van der Waals surface area contributed by atoms with Crippen molar-refractivity contribution >= 4 is 58.3 Å². The second-order valence-corrected chi connectivity index (χ2v) is 7.69. The molecule has 0 radical (unpaired) electrons. The summed E-state index contributed by atoms with van der Waals surface area (Å²) in [7, 11) is 0. The van der Waals surface area contributed by atoms with Gasteiger partial charge in [0.1, 0.15) is 6.54 Å². The number of amides is 3. The molecule has 2 aromatic carbocycles. The normalized spacial score (nSPS) is 15.4. The summed E-state index contributed by atoms with van der Waals surface area (Å²) in [4.78, 5) is 50.4. The highest BCUT2D eigenvalue weighted by Gasteiger charge is 2.30. The second kappa shape index (κ2) is 9.80. The molecule has 3 rings (SSSR count). The summed E-state index contributed by atoms with van der Waals surface area (Å²) in [5.41, 5.74) is 1.18. The molecule has 2 N–H and O–H groups in total. The molecule has 1 unspecified atom stereocenters. The van der Waals surface area contributed by atoms with Gasteiger partial charge in [-0.1, -0.05) is 35.3 Å². The van der Waals surface area contributed by atoms with Gasteiger partial charge in [0.15, 0.2) is 6.61 Å². The highest BCUT2D eigenvalue weighted by atomic mass is 35.5. The molecule has 0 bridgehead atoms. The molecular formula is C21H19Cl2N3O5. The third-order valence-electron chi connectivity index (χ3n) is 4.55. The number of anilines is 2. The number of para-hydroxylation sites is 2. The van der Waals surface area contributed by atoms with Crippen LogP contribution in [0, 0.1) is 0 Å². The van der Waals surface area contributed by atoms with Crippen molar-refractivity contribution in [2.45, 2.75) is 19.4 Å². The van der Waals surface area contributed by atoms with E-state index in [4.69, 9.17) is 27.9 Å². The molecule has 3 amide bonds. The van der Waals surface area contributed by atoms with Crippen LogP contribution in [-0.4, -0.2) is 42.9 Å². The Labute approximate surface area is 188 Å². The molecule has 1 aliphatic heterocycles. The summed E-state index contributed by atoms with van der Waals surface area (Å²) in [6.45, 7) is 0.748. The number of ether oxygens (including phenoxy) is 1. The Kier molecular flexibility index (Phi) is 7.14. The van der Waals surface area contributed by atoms with Gasteiger partial charge in [-0.2, -0.15) is 0 Å². The topological polar surface area (TPSA) is 105 Å². The number of nitrogens with one attached hydrogen (secondary N) is 2. The Morgan fingerprint density at radius 3 is 2.68 bits per heavy atom. The van der Waals surface area contributed by atoms with Crippen LogP contribution < -0.4 is 15.5 Å². The van der Waals surface area contributed by atoms with Gasteiger partial charge >= 0.3 is 5.97 Å². The summed E-state index contributed by atoms with van der Waals surface area (Å²) >= 11 is 11.8. The van der Waals surface area contributed by atoms with Gasteiger partial charge in [-0.25, -0.2) is 0 Å². The molecule has 0 fully saturated rings. The SMILES string of the molecule is CC1CC(=O)Nc2ccccc2N1C(=O)COC(=O)CNC(=O)c1ccc(Cl)cc1Cl. The largest absolute Gasteiger partial charge is 0.454 e. The van der Waals surface area contributed by atoms with Gasteiger partial charge in [-0.05, 0) is 37.3 Å². The van der Waals surface area contributed by atoms with E-state index in [1.807, 2.05) is 0 Å². The van der Waals surface area contributed by atoms with Crippen molar-refractivity contribution in [2.24, 2.45) is 0 Å². The van der Waals surface area contributed by atoms with Crippen molar-refractivity contribution in [2.75, 3.05) is 23.4 Å². The van der Waals surface area contributed by atoms with Gasteiger partial charge in [0.05, 0.1) is 22.0 Å². The predicted molar refractivity (Wildman–Crippen MR) is 116 cm³/mol. The summed E-state index contributed by atoms with van der Waals surface area (Å²) in [5, 5.41) is 5.65. The molecule has 10 heteroatoms. The highest BCUT2D eigenvalue weighted by molar-refractivity contribution is 6.36. The van der Waals surface area contributed by atoms with Crippen molar-refractivity contribution in [3.63, 3.8) is 0 Å². The van der Waals surface area contributed by atoms with Crippen LogP contribution in [-0.2, 0) is 19.1 Å². The first kappa shape index (κ1) is 22.6. The zero-order chi connectivity index (χ0) is 22.5. The predicted octanol–water partition coefficient (Wildman–Crippen LogP) is 3.03. The van der Waals surface area contributed by atoms with E-state index in [0.717, 1.165) is 0 Å². The smallest absolute Gasteiger partial charge is 0.325 e. The number of hydrogen-bond donors (Lipinski definition) is 2. The average Bonchev–Trinajstić information content (AvgIpc) is 2.84. The van der Waals surface area contributed by atoms with Gasteiger partial charge in [-0.3, -0.25) is 19.2 Å². The summed E-state index contributed by atoms with van der Waals surface area (Å²) < 4.78 is 5.02. The van der Waals surface area contributed by atoms with E-state index >= 15 is 0 Å². The number of carbonyl (C=O) groups excluding carboxylic acids is 4. The van der Waals surface area contributed by atoms with E-state index in [-0.39, 0.29) is 22.9 Å². The van der Waals surface area contributed by atoms with Crippen molar-refractivity contribution in [1.29, 1.82) is 0 Å². The first-order valence-corrected chi connectivity index (χ1v) is 10.1. The number of esters is 1. The maximum absolute atomic E-state index is 12.8. The Morgan fingerprint density at radius 2 is 1.94 bits per heavy atom. The fourth-order valence-corrected chi connectivity index (χ4v) is 3.65. The Balaban J connectivity index is 1.58. The maximum Gasteiger partial charge on any atom is 0.325 e. The minimum atomic E-state index is -0.795. The van der Waals surface area contributed by atoms with Crippen LogP contribution in [0.2, 0.25) is 10.0 Å². The lowest BCUT2D eigenvalue weighted by Gasteiger charge is -2.27. The summed E-state index contributed by atoms with van der Waals surface area (Å²) in [6.07, 6.45) is 0.103. The van der Waals surface area contributed by atoms with Crippen LogP contribution >= 0.6 is 23.2 Å². The van der Waals surface area contributed by atoms with E-state index in [2.05, 4.69) is 10.6 Å². The quantitative estimate of drug-likeness (QED) is 0.662. The lowest BCUT2D eigenvalue weighted by Crippen LogP contribution is -2.42. The highest BCUT2D eigenvalue weighted by Crippen LogP contribution is 2.31. The fraction of sp³-hybridized carbons (Fsp3) is 0.238. The Bertz CT molecular complexity index is 1040. The van der Waals surface area contributed by atoms with E-state index in [1.165, 1.54) is 23.1 Å². The van der Waals surface area contributed by atoms with Gasteiger partial charge in [0, 0.05) is 17.5 Å². The molecule has 0 saturated carbocycles. The van der Waals surface area contributed by atoms with E-state index in [9.17, 15) is 19.2 Å². The first-order valence-electron chi connectivity index (χ1n) is 9.36. The van der Waals surface area contributed by atoms with Crippen LogP contribution in [0.1, 0.15) is 23.7 Å². The third-order valence-corrected chi connectivity index (χ3v) is 5.10. The molecule has 0 aliphatic carbocycles. The number of rotatable bonds is 5. The van der Waals surface area contributed by atoms with Crippen LogP contribution in [0.3, 0.4) is 0 Å². The molecule has 31 heavy (non-hydrogen) atoms. The zero-order valence-corrected chi connectivity index (χ0v) is 18.0.